The molecule has 0 aliphatic rings. The molecule has 0 aliphatic carbocycles. The second-order valence-corrected chi connectivity index (χ2v) is 6.23. The van der Waals surface area contributed by atoms with Crippen LogP contribution in [0.15, 0.2) is 53.5 Å². The lowest BCUT2D eigenvalue weighted by Gasteiger charge is -2.06. The van der Waals surface area contributed by atoms with Crippen LogP contribution in [-0.2, 0) is 6.54 Å². The summed E-state index contributed by atoms with van der Waals surface area (Å²) in [4.78, 5) is 21.7. The van der Waals surface area contributed by atoms with Crippen molar-refractivity contribution in [2.45, 2.75) is 13.5 Å². The van der Waals surface area contributed by atoms with E-state index >= 15 is 0 Å². The average Bonchev–Trinajstić information content (AvgIpc) is 2.95. The molecule has 0 N–H and O–H groups in total. The molecule has 8 heteroatoms. The minimum atomic E-state index is -0.720. The Bertz CT molecular complexity index is 1230. The zero-order valence-corrected chi connectivity index (χ0v) is 15.2. The summed E-state index contributed by atoms with van der Waals surface area (Å²) in [6, 6.07) is 10.5. The minimum absolute atomic E-state index is 0.199. The molecular weight excluding hydrogens is 366 g/mol. The van der Waals surface area contributed by atoms with Crippen LogP contribution in [0.4, 0.5) is 8.78 Å². The van der Waals surface area contributed by atoms with Gasteiger partial charge >= 0.3 is 5.69 Å². The summed E-state index contributed by atoms with van der Waals surface area (Å²) in [5, 5.41) is 0. The van der Waals surface area contributed by atoms with Gasteiger partial charge in [0.2, 0.25) is 0 Å². The van der Waals surface area contributed by atoms with E-state index in [1.54, 1.807) is 31.2 Å². The molecule has 0 saturated carbocycles. The number of imidazole rings is 1. The smallest absolute Gasteiger partial charge is 0.335 e. The van der Waals surface area contributed by atoms with Gasteiger partial charge in [-0.05, 0) is 31.2 Å². The first-order chi connectivity index (χ1) is 13.5. The first-order valence-corrected chi connectivity index (χ1v) is 8.52. The molecule has 0 unspecified atom stereocenters. The van der Waals surface area contributed by atoms with Crippen molar-refractivity contribution in [1.29, 1.82) is 0 Å². The van der Waals surface area contributed by atoms with Crippen molar-refractivity contribution >= 4 is 11.2 Å². The second kappa shape index (κ2) is 6.88. The third-order valence-corrected chi connectivity index (χ3v) is 4.48. The number of rotatable bonds is 4. The molecule has 2 aromatic carbocycles. The third kappa shape index (κ3) is 2.92. The second-order valence-electron chi connectivity index (χ2n) is 6.23. The first kappa shape index (κ1) is 17.8. The van der Waals surface area contributed by atoms with Gasteiger partial charge in [-0.1, -0.05) is 12.1 Å². The van der Waals surface area contributed by atoms with Crippen molar-refractivity contribution in [2.75, 3.05) is 7.11 Å². The van der Waals surface area contributed by atoms with Crippen molar-refractivity contribution in [3.05, 3.63) is 82.2 Å². The number of hydrogen-bond donors (Lipinski definition) is 0. The van der Waals surface area contributed by atoms with E-state index in [9.17, 15) is 13.6 Å². The number of methoxy groups -OCH3 is 1. The standard InChI is InChI=1S/C20H16F2N4O2/c1-12-23-10-18-19(24-12)26(13-5-3-6-14(9-13)28-2)20(27)25(18)11-15-16(21)7-4-8-17(15)22/h3-10H,11H2,1-2H3. The molecule has 0 amide bonds. The van der Waals surface area contributed by atoms with Gasteiger partial charge in [0, 0.05) is 11.6 Å². The lowest BCUT2D eigenvalue weighted by molar-refractivity contribution is 0.414. The minimum Gasteiger partial charge on any atom is -0.497 e. The zero-order chi connectivity index (χ0) is 19.8. The topological polar surface area (TPSA) is 61.9 Å². The maximum absolute atomic E-state index is 14.2. The van der Waals surface area contributed by atoms with Gasteiger partial charge in [-0.25, -0.2) is 28.1 Å². The Morgan fingerprint density at radius 1 is 1.11 bits per heavy atom. The molecule has 6 nitrogen and oxygen atoms in total. The van der Waals surface area contributed by atoms with Crippen molar-refractivity contribution in [2.24, 2.45) is 0 Å². The third-order valence-electron chi connectivity index (χ3n) is 4.48. The highest BCUT2D eigenvalue weighted by Crippen LogP contribution is 2.21. The fourth-order valence-corrected chi connectivity index (χ4v) is 3.10. The predicted octanol–water partition coefficient (Wildman–Crippen LogP) is 3.23. The van der Waals surface area contributed by atoms with Gasteiger partial charge < -0.3 is 4.74 Å². The van der Waals surface area contributed by atoms with Crippen LogP contribution < -0.4 is 10.4 Å². The number of aryl methyl sites for hydroxylation is 1. The number of fused-ring (bicyclic) bond motifs is 1. The van der Waals surface area contributed by atoms with Gasteiger partial charge in [-0.15, -0.1) is 0 Å². The van der Waals surface area contributed by atoms with Gasteiger partial charge in [-0.3, -0.25) is 4.57 Å². The monoisotopic (exact) mass is 382 g/mol. The molecule has 0 saturated heterocycles. The summed E-state index contributed by atoms with van der Waals surface area (Å²) in [6.45, 7) is 1.42. The Labute approximate surface area is 158 Å². The van der Waals surface area contributed by atoms with E-state index in [0.29, 0.717) is 28.4 Å². The average molecular weight is 382 g/mol. The molecule has 4 aromatic rings. The number of benzene rings is 2. The van der Waals surface area contributed by atoms with Gasteiger partial charge in [0.25, 0.3) is 0 Å². The van der Waals surface area contributed by atoms with E-state index < -0.39 is 17.3 Å². The molecule has 0 aliphatic heterocycles. The zero-order valence-electron chi connectivity index (χ0n) is 15.2. The maximum atomic E-state index is 14.2. The molecule has 2 heterocycles. The normalized spacial score (nSPS) is 11.1. The van der Waals surface area contributed by atoms with E-state index in [4.69, 9.17) is 4.74 Å². The summed E-state index contributed by atoms with van der Waals surface area (Å²) in [6.07, 6.45) is 1.48. The molecule has 2 aromatic heterocycles. The number of hydrogen-bond acceptors (Lipinski definition) is 4. The summed E-state index contributed by atoms with van der Waals surface area (Å²) in [7, 11) is 1.53. The quantitative estimate of drug-likeness (QED) is 0.544. The molecule has 142 valence electrons. The highest BCUT2D eigenvalue weighted by Gasteiger charge is 2.19. The van der Waals surface area contributed by atoms with Crippen LogP contribution >= 0.6 is 0 Å². The molecule has 28 heavy (non-hydrogen) atoms. The Morgan fingerprint density at radius 3 is 2.54 bits per heavy atom. The van der Waals surface area contributed by atoms with Crippen molar-refractivity contribution in [1.82, 2.24) is 19.1 Å². The highest BCUT2D eigenvalue weighted by atomic mass is 19.1. The van der Waals surface area contributed by atoms with Crippen LogP contribution in [0.25, 0.3) is 16.9 Å². The molecular formula is C20H16F2N4O2. The van der Waals surface area contributed by atoms with Crippen molar-refractivity contribution in [3.8, 4) is 11.4 Å². The molecule has 0 radical (unpaired) electrons. The van der Waals surface area contributed by atoms with Gasteiger partial charge in [0.05, 0.1) is 25.5 Å². The van der Waals surface area contributed by atoms with E-state index in [0.717, 1.165) is 12.1 Å². The fraction of sp³-hybridized carbons (Fsp3) is 0.150. The number of halogens is 2. The van der Waals surface area contributed by atoms with Gasteiger partial charge in [0.1, 0.15) is 28.7 Å². The Morgan fingerprint density at radius 2 is 1.82 bits per heavy atom. The molecule has 4 rings (SSSR count). The molecule has 0 atom stereocenters. The predicted molar refractivity (Wildman–Crippen MR) is 99.9 cm³/mol. The first-order valence-electron chi connectivity index (χ1n) is 8.52. The highest BCUT2D eigenvalue weighted by molar-refractivity contribution is 5.73. The van der Waals surface area contributed by atoms with E-state index in [2.05, 4.69) is 9.97 Å². The van der Waals surface area contributed by atoms with E-state index in [-0.39, 0.29) is 12.1 Å². The lowest BCUT2D eigenvalue weighted by atomic mass is 10.2. The maximum Gasteiger partial charge on any atom is 0.335 e. The van der Waals surface area contributed by atoms with Crippen molar-refractivity contribution in [3.63, 3.8) is 0 Å². The van der Waals surface area contributed by atoms with Crippen LogP contribution in [0.1, 0.15) is 11.4 Å². The Hall–Kier alpha value is -3.55. The van der Waals surface area contributed by atoms with Gasteiger partial charge in [0.15, 0.2) is 5.65 Å². The van der Waals surface area contributed by atoms with E-state index in [1.807, 2.05) is 0 Å². The number of aromatic nitrogens is 4. The molecule has 0 fully saturated rings. The van der Waals surface area contributed by atoms with Crippen LogP contribution in [-0.4, -0.2) is 26.2 Å². The van der Waals surface area contributed by atoms with Gasteiger partial charge in [-0.2, -0.15) is 0 Å². The van der Waals surface area contributed by atoms with E-state index in [1.165, 1.54) is 28.5 Å². The largest absolute Gasteiger partial charge is 0.497 e. The van der Waals surface area contributed by atoms with Crippen LogP contribution in [0.3, 0.4) is 0 Å². The van der Waals surface area contributed by atoms with Crippen LogP contribution in [0.5, 0.6) is 5.75 Å². The summed E-state index contributed by atoms with van der Waals surface area (Å²) < 4.78 is 36.2. The Kier molecular flexibility index (Phi) is 4.38. The van der Waals surface area contributed by atoms with Crippen LogP contribution in [0, 0.1) is 18.6 Å². The Balaban J connectivity index is 1.98. The molecule has 0 spiro atoms. The van der Waals surface area contributed by atoms with Crippen LogP contribution in [0.2, 0.25) is 0 Å². The number of ether oxygens (including phenoxy) is 1. The SMILES string of the molecule is COc1cccc(-n2c(=O)n(Cc3c(F)cccc3F)c3cnc(C)nc32)c1. The summed E-state index contributed by atoms with van der Waals surface area (Å²) in [5.41, 5.74) is 0.574. The fourth-order valence-electron chi connectivity index (χ4n) is 3.10. The molecule has 0 bridgehead atoms. The van der Waals surface area contributed by atoms with Crippen molar-refractivity contribution < 1.29 is 13.5 Å². The lowest BCUT2D eigenvalue weighted by Crippen LogP contribution is -2.24. The summed E-state index contributed by atoms with van der Waals surface area (Å²) in [5.74, 6) is -0.404. The number of nitrogens with zero attached hydrogens (tertiary/aromatic N) is 4. The summed E-state index contributed by atoms with van der Waals surface area (Å²) >= 11 is 0.